The maximum Gasteiger partial charge on any atom is 0.225 e. The first kappa shape index (κ1) is 16.4. The van der Waals surface area contributed by atoms with Crippen molar-refractivity contribution in [1.82, 2.24) is 25.0 Å². The van der Waals surface area contributed by atoms with E-state index < -0.39 is 0 Å². The summed E-state index contributed by atoms with van der Waals surface area (Å²) in [5, 5.41) is 4.23. The molecule has 2 fully saturated rings. The molecule has 0 N–H and O–H groups in total. The lowest BCUT2D eigenvalue weighted by molar-refractivity contribution is 0.240. The second-order valence-corrected chi connectivity index (χ2v) is 7.21. The number of aromatic nitrogens is 4. The fourth-order valence-electron chi connectivity index (χ4n) is 3.46. The van der Waals surface area contributed by atoms with Gasteiger partial charge >= 0.3 is 0 Å². The maximum absolute atomic E-state index is 5.46. The molecule has 1 aliphatic heterocycles. The highest BCUT2D eigenvalue weighted by molar-refractivity contribution is 5.55. The van der Waals surface area contributed by atoms with Crippen LogP contribution in [0.25, 0.3) is 11.4 Å². The predicted molar refractivity (Wildman–Crippen MR) is 101 cm³/mol. The first-order valence-corrected chi connectivity index (χ1v) is 9.52. The summed E-state index contributed by atoms with van der Waals surface area (Å²) >= 11 is 0. The fourth-order valence-corrected chi connectivity index (χ4v) is 3.46. The van der Waals surface area contributed by atoms with E-state index in [4.69, 9.17) is 9.51 Å². The smallest absolute Gasteiger partial charge is 0.225 e. The zero-order valence-electron chi connectivity index (χ0n) is 15.2. The third-order valence-electron chi connectivity index (χ3n) is 5.17. The van der Waals surface area contributed by atoms with Crippen LogP contribution in [0.3, 0.4) is 0 Å². The van der Waals surface area contributed by atoms with Gasteiger partial charge in [-0.05, 0) is 31.0 Å². The number of hydrogen-bond donors (Lipinski definition) is 0. The number of piperazine rings is 1. The Kier molecular flexibility index (Phi) is 4.29. The summed E-state index contributed by atoms with van der Waals surface area (Å²) in [6.45, 7) is 4.57. The Morgan fingerprint density at radius 2 is 1.85 bits per heavy atom. The molecule has 0 atom stereocenters. The second-order valence-electron chi connectivity index (χ2n) is 7.21. The lowest BCUT2D eigenvalue weighted by Crippen LogP contribution is -2.46. The van der Waals surface area contributed by atoms with Crippen molar-refractivity contribution in [2.75, 3.05) is 31.1 Å². The van der Waals surface area contributed by atoms with Crippen LogP contribution in [0.1, 0.15) is 30.2 Å². The molecule has 3 aromatic heterocycles. The van der Waals surface area contributed by atoms with E-state index >= 15 is 0 Å². The molecule has 7 heteroatoms. The van der Waals surface area contributed by atoms with E-state index in [1.807, 2.05) is 30.5 Å². The molecule has 1 aliphatic carbocycles. The standard InChI is InChI=1S/C20H22N6O/c1-2-7-21-17(3-1)18-6-8-22-20(23-18)26-11-9-25(10-12-26)14-16-13-19(27-24-16)15-4-5-15/h1-3,6-8,13,15H,4-5,9-12,14H2. The van der Waals surface area contributed by atoms with E-state index in [1.54, 1.807) is 6.20 Å². The van der Waals surface area contributed by atoms with E-state index in [0.29, 0.717) is 5.92 Å². The van der Waals surface area contributed by atoms with E-state index in [-0.39, 0.29) is 0 Å². The van der Waals surface area contributed by atoms with E-state index in [9.17, 15) is 0 Å². The van der Waals surface area contributed by atoms with Crippen LogP contribution >= 0.6 is 0 Å². The Morgan fingerprint density at radius 1 is 0.963 bits per heavy atom. The molecule has 138 valence electrons. The molecular formula is C20H22N6O. The zero-order chi connectivity index (χ0) is 18.1. The monoisotopic (exact) mass is 362 g/mol. The zero-order valence-corrected chi connectivity index (χ0v) is 15.2. The van der Waals surface area contributed by atoms with Crippen molar-refractivity contribution >= 4 is 5.95 Å². The molecule has 1 saturated carbocycles. The average molecular weight is 362 g/mol. The number of pyridine rings is 1. The van der Waals surface area contributed by atoms with Crippen LogP contribution in [-0.4, -0.2) is 51.2 Å². The van der Waals surface area contributed by atoms with Crippen molar-refractivity contribution in [3.05, 3.63) is 54.2 Å². The van der Waals surface area contributed by atoms with Crippen LogP contribution in [0, 0.1) is 0 Å². The minimum Gasteiger partial charge on any atom is -0.361 e. The van der Waals surface area contributed by atoms with Gasteiger partial charge < -0.3 is 9.42 Å². The SMILES string of the molecule is c1ccc(-c2ccnc(N3CCN(Cc4cc(C5CC5)on4)CC3)n2)nc1. The van der Waals surface area contributed by atoms with Gasteiger partial charge in [0.05, 0.1) is 17.1 Å². The molecule has 27 heavy (non-hydrogen) atoms. The van der Waals surface area contributed by atoms with Gasteiger partial charge in [-0.25, -0.2) is 9.97 Å². The van der Waals surface area contributed by atoms with Gasteiger partial charge in [-0.3, -0.25) is 9.88 Å². The van der Waals surface area contributed by atoms with Gasteiger partial charge in [0.1, 0.15) is 5.76 Å². The second kappa shape index (κ2) is 7.08. The molecule has 0 aromatic carbocycles. The Bertz CT molecular complexity index is 900. The van der Waals surface area contributed by atoms with Crippen molar-refractivity contribution in [1.29, 1.82) is 0 Å². The molecule has 0 unspecified atom stereocenters. The maximum atomic E-state index is 5.46. The van der Waals surface area contributed by atoms with E-state index in [0.717, 1.165) is 61.5 Å². The first-order chi connectivity index (χ1) is 13.3. The van der Waals surface area contributed by atoms with Crippen molar-refractivity contribution in [2.24, 2.45) is 0 Å². The predicted octanol–water partition coefficient (Wildman–Crippen LogP) is 2.73. The van der Waals surface area contributed by atoms with Gasteiger partial charge in [0, 0.05) is 57.1 Å². The summed E-state index contributed by atoms with van der Waals surface area (Å²) in [6.07, 6.45) is 6.08. The normalized spacial score (nSPS) is 18.0. The van der Waals surface area contributed by atoms with E-state index in [1.165, 1.54) is 12.8 Å². The lowest BCUT2D eigenvalue weighted by Gasteiger charge is -2.34. The number of rotatable bonds is 5. The number of anilines is 1. The molecule has 0 bridgehead atoms. The molecule has 1 saturated heterocycles. The Morgan fingerprint density at radius 3 is 2.63 bits per heavy atom. The van der Waals surface area contributed by atoms with Crippen molar-refractivity contribution < 1.29 is 4.52 Å². The Labute approximate surface area is 158 Å². The van der Waals surface area contributed by atoms with Gasteiger partial charge in [-0.15, -0.1) is 0 Å². The topological polar surface area (TPSA) is 71.2 Å². The Balaban J connectivity index is 1.21. The molecule has 7 nitrogen and oxygen atoms in total. The third-order valence-corrected chi connectivity index (χ3v) is 5.17. The molecule has 0 radical (unpaired) electrons. The average Bonchev–Trinajstić information content (AvgIpc) is 3.49. The van der Waals surface area contributed by atoms with Crippen molar-refractivity contribution in [3.63, 3.8) is 0 Å². The van der Waals surface area contributed by atoms with Crippen LogP contribution in [0.5, 0.6) is 0 Å². The van der Waals surface area contributed by atoms with Crippen LogP contribution in [0.15, 0.2) is 47.2 Å². The minimum absolute atomic E-state index is 0.617. The van der Waals surface area contributed by atoms with Gasteiger partial charge in [-0.1, -0.05) is 11.2 Å². The summed E-state index contributed by atoms with van der Waals surface area (Å²) in [7, 11) is 0. The molecule has 0 spiro atoms. The van der Waals surface area contributed by atoms with Gasteiger partial charge in [-0.2, -0.15) is 0 Å². The fraction of sp³-hybridized carbons (Fsp3) is 0.400. The highest BCUT2D eigenvalue weighted by atomic mass is 16.5. The molecule has 4 heterocycles. The summed E-state index contributed by atoms with van der Waals surface area (Å²) in [4.78, 5) is 18.2. The highest BCUT2D eigenvalue weighted by Gasteiger charge is 2.28. The van der Waals surface area contributed by atoms with Crippen molar-refractivity contribution in [3.8, 4) is 11.4 Å². The van der Waals surface area contributed by atoms with Crippen LogP contribution in [0.4, 0.5) is 5.95 Å². The Hall–Kier alpha value is -2.80. The molecule has 3 aromatic rings. The highest BCUT2D eigenvalue weighted by Crippen LogP contribution is 2.40. The third kappa shape index (κ3) is 3.68. The van der Waals surface area contributed by atoms with E-state index in [2.05, 4.69) is 31.0 Å². The molecular weight excluding hydrogens is 340 g/mol. The quantitative estimate of drug-likeness (QED) is 0.691. The summed E-state index contributed by atoms with van der Waals surface area (Å²) in [5.41, 5.74) is 2.77. The first-order valence-electron chi connectivity index (χ1n) is 9.52. The molecule has 5 rings (SSSR count). The van der Waals surface area contributed by atoms with Crippen molar-refractivity contribution in [2.45, 2.75) is 25.3 Å². The van der Waals surface area contributed by atoms with Gasteiger partial charge in [0.15, 0.2) is 0 Å². The molecule has 2 aliphatic rings. The van der Waals surface area contributed by atoms with Crippen LogP contribution in [-0.2, 0) is 6.54 Å². The van der Waals surface area contributed by atoms with Gasteiger partial charge in [0.25, 0.3) is 0 Å². The van der Waals surface area contributed by atoms with Crippen LogP contribution in [0.2, 0.25) is 0 Å². The number of hydrogen-bond acceptors (Lipinski definition) is 7. The van der Waals surface area contributed by atoms with Gasteiger partial charge in [0.2, 0.25) is 5.95 Å². The summed E-state index contributed by atoms with van der Waals surface area (Å²) in [5.74, 6) is 2.45. The lowest BCUT2D eigenvalue weighted by atomic mass is 10.2. The molecule has 0 amide bonds. The summed E-state index contributed by atoms with van der Waals surface area (Å²) in [6, 6.07) is 9.89. The minimum atomic E-state index is 0.617. The summed E-state index contributed by atoms with van der Waals surface area (Å²) < 4.78 is 5.46. The van der Waals surface area contributed by atoms with Crippen LogP contribution < -0.4 is 4.90 Å². The number of nitrogens with zero attached hydrogens (tertiary/aromatic N) is 6. The largest absolute Gasteiger partial charge is 0.361 e.